The number of rotatable bonds is 5. The van der Waals surface area contributed by atoms with Crippen LogP contribution in [0.1, 0.15) is 39.9 Å². The summed E-state index contributed by atoms with van der Waals surface area (Å²) in [5.41, 5.74) is -3.56. The van der Waals surface area contributed by atoms with Gasteiger partial charge < -0.3 is 10.2 Å². The first-order valence-electron chi connectivity index (χ1n) is 11.2. The van der Waals surface area contributed by atoms with Crippen molar-refractivity contribution in [3.8, 4) is 0 Å². The van der Waals surface area contributed by atoms with Gasteiger partial charge in [-0.2, -0.15) is 8.78 Å². The van der Waals surface area contributed by atoms with Crippen molar-refractivity contribution in [3.63, 3.8) is 0 Å². The lowest BCUT2D eigenvalue weighted by atomic mass is 9.48. The van der Waals surface area contributed by atoms with E-state index in [4.69, 9.17) is 66.5 Å². The minimum absolute atomic E-state index is 0.115. The molecule has 0 saturated carbocycles. The Bertz CT molecular complexity index is 1440. The first-order chi connectivity index (χ1) is 17.9. The number of carbonyl (C=O) groups excluding carboxylic acids is 4. The molecule has 2 aliphatic rings. The summed E-state index contributed by atoms with van der Waals surface area (Å²) in [6, 6.07) is 2.87. The highest BCUT2D eigenvalue weighted by Gasteiger charge is 2.51. The van der Waals surface area contributed by atoms with Gasteiger partial charge >= 0.3 is 5.92 Å². The molecule has 4 rings (SSSR count). The number of hydrogen-bond donors (Lipinski definition) is 2. The Morgan fingerprint density at radius 1 is 1.05 bits per heavy atom. The predicted octanol–water partition coefficient (Wildman–Crippen LogP) is -3.21. The second kappa shape index (κ2) is 9.64. The van der Waals surface area contributed by atoms with Crippen LogP contribution in [0, 0.1) is 0 Å². The molecule has 4 amide bonds. The molecule has 1 atom stereocenters. The SMILES string of the molecule is [B]c1c([B])c(C([B])([B])NC(=O)C(F)(F)c2ccc(Cl)cc2)c([B])c2c1C(=O)N(C1CCC(=O)NC1=O)C2([B])[B]. The van der Waals surface area contributed by atoms with Gasteiger partial charge in [-0.25, -0.2) is 0 Å². The minimum Gasteiger partial charge on any atom is -0.358 e. The number of piperidine rings is 1. The highest BCUT2D eigenvalue weighted by atomic mass is 35.5. The number of halogens is 3. The molecular formula is C22H11B7ClF2N3O4. The molecule has 2 heterocycles. The van der Waals surface area contributed by atoms with Crippen LogP contribution in [0.25, 0.3) is 0 Å². The normalized spacial score (nSPS) is 19.0. The average Bonchev–Trinajstić information content (AvgIpc) is 3.03. The number of carbonyl (C=O) groups is 4. The summed E-state index contributed by atoms with van der Waals surface area (Å²) >= 11 is 5.72. The van der Waals surface area contributed by atoms with E-state index < -0.39 is 73.8 Å². The van der Waals surface area contributed by atoms with Gasteiger partial charge in [0.15, 0.2) is 0 Å². The molecular weight excluding hydrogens is 519 g/mol. The summed E-state index contributed by atoms with van der Waals surface area (Å²) in [6.45, 7) is 0. The maximum absolute atomic E-state index is 14.9. The monoisotopic (exact) mass is 531 g/mol. The Hall–Kier alpha value is -2.88. The van der Waals surface area contributed by atoms with Crippen LogP contribution in [0.5, 0.6) is 0 Å². The van der Waals surface area contributed by atoms with Gasteiger partial charge in [0.25, 0.3) is 11.8 Å². The van der Waals surface area contributed by atoms with Crippen molar-refractivity contribution in [2.24, 2.45) is 0 Å². The van der Waals surface area contributed by atoms with Crippen molar-refractivity contribution in [2.75, 3.05) is 0 Å². The topological polar surface area (TPSA) is 95.6 Å². The van der Waals surface area contributed by atoms with E-state index in [1.165, 1.54) is 0 Å². The maximum atomic E-state index is 14.9. The van der Waals surface area contributed by atoms with Crippen LogP contribution in [-0.4, -0.2) is 89.5 Å². The first-order valence-corrected chi connectivity index (χ1v) is 11.6. The molecule has 14 radical (unpaired) electrons. The van der Waals surface area contributed by atoms with Gasteiger partial charge in [-0.3, -0.25) is 24.5 Å². The summed E-state index contributed by atoms with van der Waals surface area (Å²) in [5.74, 6) is -8.41. The van der Waals surface area contributed by atoms with E-state index in [0.29, 0.717) is 0 Å². The number of nitrogens with zero attached hydrogens (tertiary/aromatic N) is 1. The number of fused-ring (bicyclic) bond motifs is 1. The molecule has 2 aliphatic heterocycles. The van der Waals surface area contributed by atoms with Crippen LogP contribution >= 0.6 is 11.6 Å². The number of hydrogen-bond acceptors (Lipinski definition) is 4. The van der Waals surface area contributed by atoms with Gasteiger partial charge in [-0.1, -0.05) is 45.7 Å². The first kappa shape index (κ1) is 29.1. The fourth-order valence-corrected chi connectivity index (χ4v) is 4.87. The molecule has 0 spiro atoms. The highest BCUT2D eigenvalue weighted by Crippen LogP contribution is 2.37. The van der Waals surface area contributed by atoms with Crippen molar-refractivity contribution >= 4 is 107 Å². The van der Waals surface area contributed by atoms with Crippen molar-refractivity contribution in [1.82, 2.24) is 15.5 Å². The van der Waals surface area contributed by atoms with E-state index in [9.17, 15) is 28.0 Å². The second-order valence-electron chi connectivity index (χ2n) is 9.24. The average molecular weight is 530 g/mol. The van der Waals surface area contributed by atoms with E-state index in [1.807, 2.05) is 0 Å². The molecule has 2 N–H and O–H groups in total. The molecule has 39 heavy (non-hydrogen) atoms. The zero-order valence-corrected chi connectivity index (χ0v) is 20.8. The van der Waals surface area contributed by atoms with E-state index in [1.54, 1.807) is 5.32 Å². The Morgan fingerprint density at radius 2 is 1.64 bits per heavy atom. The third-order valence-corrected chi connectivity index (χ3v) is 6.85. The van der Waals surface area contributed by atoms with Gasteiger partial charge in [0.05, 0.1) is 31.4 Å². The minimum atomic E-state index is -4.13. The lowest BCUT2D eigenvalue weighted by Gasteiger charge is -2.42. The van der Waals surface area contributed by atoms with Crippen molar-refractivity contribution in [3.05, 3.63) is 51.5 Å². The van der Waals surface area contributed by atoms with E-state index >= 15 is 0 Å². The van der Waals surface area contributed by atoms with Crippen molar-refractivity contribution in [2.45, 2.75) is 35.5 Å². The third kappa shape index (κ3) is 4.64. The van der Waals surface area contributed by atoms with E-state index in [0.717, 1.165) is 29.2 Å². The van der Waals surface area contributed by atoms with Crippen LogP contribution < -0.4 is 27.0 Å². The molecule has 180 valence electrons. The fraction of sp³-hybridized carbons (Fsp3) is 0.273. The molecule has 1 fully saturated rings. The largest absolute Gasteiger partial charge is 0.358 e. The highest BCUT2D eigenvalue weighted by molar-refractivity contribution is 6.58. The number of benzene rings is 2. The smallest absolute Gasteiger partial charge is 0.349 e. The van der Waals surface area contributed by atoms with Gasteiger partial charge in [0.1, 0.15) is 29.6 Å². The van der Waals surface area contributed by atoms with Gasteiger partial charge in [0, 0.05) is 22.6 Å². The molecule has 2 aromatic carbocycles. The standard InChI is InChI=1S/C22H11B7ClF2N3O4/c23-14-11-12(22(28,29)35(18(11)38)9-5-6-10(36)33-17(9)37)15(24)13(16(14)25)21(26,27)34-19(39)20(31,32)7-1-3-8(30)4-2-7/h1-4,9H,5-6H2,(H,34,39)(H,33,36,37). The summed E-state index contributed by atoms with van der Waals surface area (Å²) in [7, 11) is 43.1. The molecule has 1 saturated heterocycles. The van der Waals surface area contributed by atoms with Gasteiger partial charge in [0.2, 0.25) is 11.8 Å². The molecule has 0 aromatic heterocycles. The van der Waals surface area contributed by atoms with Crippen LogP contribution in [-0.2, 0) is 31.0 Å². The maximum Gasteiger partial charge on any atom is 0.349 e. The molecule has 7 nitrogen and oxygen atoms in total. The molecule has 0 aliphatic carbocycles. The molecule has 0 bridgehead atoms. The van der Waals surface area contributed by atoms with Crippen LogP contribution in [0.3, 0.4) is 0 Å². The Balaban J connectivity index is 1.77. The summed E-state index contributed by atoms with van der Waals surface area (Å²) in [6.07, 6.45) is -0.232. The fourth-order valence-electron chi connectivity index (χ4n) is 4.75. The zero-order valence-electron chi connectivity index (χ0n) is 20.1. The lowest BCUT2D eigenvalue weighted by molar-refractivity contribution is -0.147. The predicted molar refractivity (Wildman–Crippen MR) is 145 cm³/mol. The lowest BCUT2D eigenvalue weighted by Crippen LogP contribution is -2.60. The molecule has 2 aromatic rings. The van der Waals surface area contributed by atoms with Crippen molar-refractivity contribution in [1.29, 1.82) is 0 Å². The van der Waals surface area contributed by atoms with Gasteiger partial charge in [-0.05, 0) is 34.8 Å². The van der Waals surface area contributed by atoms with Crippen LogP contribution in [0.2, 0.25) is 5.02 Å². The summed E-state index contributed by atoms with van der Waals surface area (Å²) < 4.78 is 29.8. The summed E-state index contributed by atoms with van der Waals surface area (Å²) in [4.78, 5) is 50.9. The van der Waals surface area contributed by atoms with Crippen LogP contribution in [0.4, 0.5) is 8.78 Å². The number of imide groups is 1. The van der Waals surface area contributed by atoms with Gasteiger partial charge in [-0.15, -0.1) is 0 Å². The van der Waals surface area contributed by atoms with Crippen LogP contribution in [0.15, 0.2) is 24.3 Å². The van der Waals surface area contributed by atoms with E-state index in [2.05, 4.69) is 5.32 Å². The van der Waals surface area contributed by atoms with E-state index in [-0.39, 0.29) is 29.0 Å². The summed E-state index contributed by atoms with van der Waals surface area (Å²) in [5, 5.41) is -0.978. The van der Waals surface area contributed by atoms with Crippen molar-refractivity contribution < 1.29 is 28.0 Å². The second-order valence-corrected chi connectivity index (χ2v) is 9.67. The Morgan fingerprint density at radius 3 is 2.21 bits per heavy atom. The molecule has 17 heteroatoms. The molecule has 1 unspecified atom stereocenters. The third-order valence-electron chi connectivity index (χ3n) is 6.60. The number of nitrogens with one attached hydrogen (secondary N) is 2. The zero-order chi connectivity index (χ0) is 29.2. The Labute approximate surface area is 236 Å². The number of alkyl halides is 2. The quantitative estimate of drug-likeness (QED) is 0.314. The Kier molecular flexibility index (Phi) is 7.20. The number of amides is 4.